The summed E-state index contributed by atoms with van der Waals surface area (Å²) < 4.78 is 10.5. The van der Waals surface area contributed by atoms with Crippen LogP contribution in [-0.2, 0) is 0 Å². The Labute approximate surface area is 170 Å². The quantitative estimate of drug-likeness (QED) is 0.743. The second-order valence-corrected chi connectivity index (χ2v) is 7.59. The van der Waals surface area contributed by atoms with E-state index in [4.69, 9.17) is 9.47 Å². The minimum absolute atomic E-state index is 0.170. The van der Waals surface area contributed by atoms with E-state index < -0.39 is 0 Å². The van der Waals surface area contributed by atoms with Gasteiger partial charge in [-0.05, 0) is 41.6 Å². The fourth-order valence-corrected chi connectivity index (χ4v) is 4.02. The van der Waals surface area contributed by atoms with Gasteiger partial charge in [0.05, 0.1) is 25.9 Å². The van der Waals surface area contributed by atoms with Crippen LogP contribution in [0.2, 0.25) is 0 Å². The first-order valence-electron chi connectivity index (χ1n) is 9.32. The molecule has 2 aromatic rings. The zero-order chi connectivity index (χ0) is 19.9. The molecule has 7 nitrogen and oxygen atoms in total. The molecular formula is C20H28N4O3S. The maximum absolute atomic E-state index is 12.5. The molecule has 152 valence electrons. The Balaban J connectivity index is 1.62. The number of anilines is 1. The number of hydrogen-bond donors (Lipinski definition) is 2. The van der Waals surface area contributed by atoms with Gasteiger partial charge in [0.2, 0.25) is 0 Å². The van der Waals surface area contributed by atoms with E-state index in [2.05, 4.69) is 44.3 Å². The van der Waals surface area contributed by atoms with Gasteiger partial charge in [-0.15, -0.1) is 0 Å². The fourth-order valence-electron chi connectivity index (χ4n) is 3.31. The van der Waals surface area contributed by atoms with Gasteiger partial charge in [-0.1, -0.05) is 0 Å². The summed E-state index contributed by atoms with van der Waals surface area (Å²) in [5, 5.41) is 10.1. The van der Waals surface area contributed by atoms with E-state index in [1.54, 1.807) is 43.8 Å². The average molecular weight is 405 g/mol. The second kappa shape index (κ2) is 9.77. The topological polar surface area (TPSA) is 66.1 Å². The van der Waals surface area contributed by atoms with Crippen molar-refractivity contribution >= 4 is 23.1 Å². The van der Waals surface area contributed by atoms with Gasteiger partial charge in [0.25, 0.3) is 0 Å². The highest BCUT2D eigenvalue weighted by molar-refractivity contribution is 7.07. The number of ether oxygens (including phenoxy) is 2. The van der Waals surface area contributed by atoms with Crippen LogP contribution in [0.3, 0.4) is 0 Å². The van der Waals surface area contributed by atoms with Crippen molar-refractivity contribution in [1.29, 1.82) is 0 Å². The molecule has 8 heteroatoms. The van der Waals surface area contributed by atoms with Crippen LogP contribution in [0.1, 0.15) is 11.6 Å². The Morgan fingerprint density at radius 1 is 1.18 bits per heavy atom. The van der Waals surface area contributed by atoms with Crippen molar-refractivity contribution < 1.29 is 14.3 Å². The zero-order valence-corrected chi connectivity index (χ0v) is 17.4. The number of nitrogens with zero attached hydrogens (tertiary/aromatic N) is 2. The maximum Gasteiger partial charge on any atom is 0.319 e. The lowest BCUT2D eigenvalue weighted by molar-refractivity contribution is 0.111. The van der Waals surface area contributed by atoms with E-state index in [1.165, 1.54) is 5.56 Å². The number of amides is 2. The minimum atomic E-state index is -0.252. The highest BCUT2D eigenvalue weighted by atomic mass is 32.1. The molecule has 2 N–H and O–H groups in total. The third-order valence-electron chi connectivity index (χ3n) is 5.02. The Bertz CT molecular complexity index is 761. The van der Waals surface area contributed by atoms with Gasteiger partial charge >= 0.3 is 6.03 Å². The van der Waals surface area contributed by atoms with Gasteiger partial charge in [0, 0.05) is 38.8 Å². The number of rotatable bonds is 7. The number of carbonyl (C=O) groups excluding carboxylic acids is 1. The lowest BCUT2D eigenvalue weighted by Crippen LogP contribution is -2.48. The summed E-state index contributed by atoms with van der Waals surface area (Å²) in [4.78, 5) is 17.3. The van der Waals surface area contributed by atoms with Gasteiger partial charge in [-0.2, -0.15) is 11.3 Å². The van der Waals surface area contributed by atoms with Crippen molar-refractivity contribution in [2.45, 2.75) is 6.04 Å². The van der Waals surface area contributed by atoms with Crippen LogP contribution >= 0.6 is 11.3 Å². The Kier molecular flexibility index (Phi) is 7.13. The SMILES string of the molecule is COc1ccc(NC(=O)NCC(c2ccsc2)N2CCN(C)CC2)c(OC)c1. The summed E-state index contributed by atoms with van der Waals surface area (Å²) in [6, 6.07) is 7.36. The van der Waals surface area contributed by atoms with E-state index in [0.29, 0.717) is 23.7 Å². The van der Waals surface area contributed by atoms with Crippen LogP contribution < -0.4 is 20.1 Å². The molecule has 2 heterocycles. The molecule has 0 bridgehead atoms. The van der Waals surface area contributed by atoms with Crippen molar-refractivity contribution in [1.82, 2.24) is 15.1 Å². The van der Waals surface area contributed by atoms with Gasteiger partial charge in [0.1, 0.15) is 11.5 Å². The summed E-state index contributed by atoms with van der Waals surface area (Å²) in [5.74, 6) is 1.23. The molecule has 1 saturated heterocycles. The molecule has 0 spiro atoms. The molecule has 1 aliphatic heterocycles. The Morgan fingerprint density at radius 3 is 2.61 bits per heavy atom. The predicted octanol–water partition coefficient (Wildman–Crippen LogP) is 2.88. The van der Waals surface area contributed by atoms with Gasteiger partial charge < -0.3 is 25.0 Å². The summed E-state index contributed by atoms with van der Waals surface area (Å²) >= 11 is 1.68. The van der Waals surface area contributed by atoms with Crippen molar-refractivity contribution in [3.05, 3.63) is 40.6 Å². The number of piperazine rings is 1. The molecule has 1 aromatic heterocycles. The number of nitrogens with one attached hydrogen (secondary N) is 2. The normalized spacial score (nSPS) is 16.4. The number of likely N-dealkylation sites (N-methyl/N-ethyl adjacent to an activating group) is 1. The lowest BCUT2D eigenvalue weighted by atomic mass is 10.1. The number of thiophene rings is 1. The number of methoxy groups -OCH3 is 2. The molecule has 1 unspecified atom stereocenters. The molecule has 0 aliphatic carbocycles. The van der Waals surface area contributed by atoms with Gasteiger partial charge in [-0.25, -0.2) is 4.79 Å². The Morgan fingerprint density at radius 2 is 1.96 bits per heavy atom. The molecule has 1 atom stereocenters. The second-order valence-electron chi connectivity index (χ2n) is 6.81. The molecule has 0 saturated carbocycles. The van der Waals surface area contributed by atoms with Crippen LogP contribution in [0.25, 0.3) is 0 Å². The summed E-state index contributed by atoms with van der Waals surface area (Å²) in [5.41, 5.74) is 1.85. The van der Waals surface area contributed by atoms with E-state index >= 15 is 0 Å². The van der Waals surface area contributed by atoms with Crippen molar-refractivity contribution in [2.24, 2.45) is 0 Å². The van der Waals surface area contributed by atoms with Crippen LogP contribution in [0, 0.1) is 0 Å². The van der Waals surface area contributed by atoms with E-state index in [9.17, 15) is 4.79 Å². The number of carbonyl (C=O) groups is 1. The van der Waals surface area contributed by atoms with E-state index in [-0.39, 0.29) is 12.1 Å². The Hall–Kier alpha value is -2.29. The van der Waals surface area contributed by atoms with Gasteiger partial charge in [-0.3, -0.25) is 4.90 Å². The monoisotopic (exact) mass is 404 g/mol. The smallest absolute Gasteiger partial charge is 0.319 e. The van der Waals surface area contributed by atoms with E-state index in [1.807, 2.05) is 0 Å². The first kappa shape index (κ1) is 20.4. The highest BCUT2D eigenvalue weighted by Crippen LogP contribution is 2.29. The maximum atomic E-state index is 12.5. The first-order chi connectivity index (χ1) is 13.6. The summed E-state index contributed by atoms with van der Waals surface area (Å²) in [6.07, 6.45) is 0. The van der Waals surface area contributed by atoms with Crippen LogP contribution in [0.15, 0.2) is 35.0 Å². The summed E-state index contributed by atoms with van der Waals surface area (Å²) in [6.45, 7) is 4.61. The number of hydrogen-bond acceptors (Lipinski definition) is 6. The van der Waals surface area contributed by atoms with Crippen LogP contribution in [0.4, 0.5) is 10.5 Å². The average Bonchev–Trinajstić information content (AvgIpc) is 3.24. The molecule has 1 fully saturated rings. The predicted molar refractivity (Wildman–Crippen MR) is 113 cm³/mol. The molecule has 28 heavy (non-hydrogen) atoms. The zero-order valence-electron chi connectivity index (χ0n) is 16.6. The van der Waals surface area contributed by atoms with Crippen molar-refractivity contribution in [3.63, 3.8) is 0 Å². The molecule has 1 aromatic carbocycles. The number of benzene rings is 1. The molecule has 1 aliphatic rings. The first-order valence-corrected chi connectivity index (χ1v) is 10.3. The summed E-state index contributed by atoms with van der Waals surface area (Å²) in [7, 11) is 5.31. The fraction of sp³-hybridized carbons (Fsp3) is 0.450. The molecule has 2 amide bonds. The largest absolute Gasteiger partial charge is 0.497 e. The molecule has 3 rings (SSSR count). The van der Waals surface area contributed by atoms with Crippen LogP contribution in [-0.4, -0.2) is 69.8 Å². The standard InChI is InChI=1S/C20H28N4O3S/c1-23-7-9-24(10-8-23)18(15-6-11-28-14-15)13-21-20(25)22-17-5-4-16(26-2)12-19(17)27-3/h4-6,11-12,14,18H,7-10,13H2,1-3H3,(H2,21,22,25). The van der Waals surface area contributed by atoms with Crippen LogP contribution in [0.5, 0.6) is 11.5 Å². The third kappa shape index (κ3) is 5.15. The van der Waals surface area contributed by atoms with Crippen molar-refractivity contribution in [3.8, 4) is 11.5 Å². The van der Waals surface area contributed by atoms with Gasteiger partial charge in [0.15, 0.2) is 0 Å². The number of urea groups is 1. The lowest BCUT2D eigenvalue weighted by Gasteiger charge is -2.38. The molecule has 0 radical (unpaired) electrons. The van der Waals surface area contributed by atoms with E-state index in [0.717, 1.165) is 26.2 Å². The molecular weight excluding hydrogens is 376 g/mol. The minimum Gasteiger partial charge on any atom is -0.497 e. The highest BCUT2D eigenvalue weighted by Gasteiger charge is 2.24. The third-order valence-corrected chi connectivity index (χ3v) is 5.72. The van der Waals surface area contributed by atoms with Crippen molar-refractivity contribution in [2.75, 3.05) is 59.3 Å².